The van der Waals surface area contributed by atoms with Gasteiger partial charge in [0.1, 0.15) is 17.9 Å². The van der Waals surface area contributed by atoms with Crippen molar-refractivity contribution in [2.24, 2.45) is 0 Å². The maximum atomic E-state index is 12.7. The molecule has 0 spiro atoms. The van der Waals surface area contributed by atoms with Crippen molar-refractivity contribution in [1.82, 2.24) is 10.2 Å². The van der Waals surface area contributed by atoms with Crippen molar-refractivity contribution in [3.8, 4) is 5.75 Å². The SMILES string of the molecule is CCOC(=O)COCCN1C(=O)N[C@](C)(c2ccc(OC(F)F)cc2)C1=O. The summed E-state index contributed by atoms with van der Waals surface area (Å²) in [5, 5.41) is 2.58. The maximum absolute atomic E-state index is 12.7. The van der Waals surface area contributed by atoms with Crippen molar-refractivity contribution >= 4 is 17.9 Å². The summed E-state index contributed by atoms with van der Waals surface area (Å²) >= 11 is 0. The summed E-state index contributed by atoms with van der Waals surface area (Å²) in [6, 6.07) is 4.82. The Hall–Kier alpha value is -2.75. The Balaban J connectivity index is 1.98. The zero-order valence-corrected chi connectivity index (χ0v) is 14.9. The summed E-state index contributed by atoms with van der Waals surface area (Å²) in [6.07, 6.45) is 0. The fourth-order valence-corrected chi connectivity index (χ4v) is 2.58. The van der Waals surface area contributed by atoms with Gasteiger partial charge in [-0.3, -0.25) is 9.69 Å². The van der Waals surface area contributed by atoms with Gasteiger partial charge in [-0.15, -0.1) is 0 Å². The Kier molecular flexibility index (Phi) is 6.67. The van der Waals surface area contributed by atoms with E-state index in [0.29, 0.717) is 5.56 Å². The van der Waals surface area contributed by atoms with Crippen molar-refractivity contribution in [2.45, 2.75) is 26.0 Å². The zero-order valence-electron chi connectivity index (χ0n) is 14.9. The first-order valence-corrected chi connectivity index (χ1v) is 8.20. The molecule has 27 heavy (non-hydrogen) atoms. The van der Waals surface area contributed by atoms with E-state index in [-0.39, 0.29) is 32.1 Å². The Morgan fingerprint density at radius 1 is 1.26 bits per heavy atom. The molecule has 1 aliphatic rings. The van der Waals surface area contributed by atoms with Crippen LogP contribution in [0.1, 0.15) is 19.4 Å². The molecule has 0 radical (unpaired) electrons. The monoisotopic (exact) mass is 386 g/mol. The molecule has 1 saturated heterocycles. The first kappa shape index (κ1) is 20.6. The van der Waals surface area contributed by atoms with Crippen molar-refractivity contribution in [3.05, 3.63) is 29.8 Å². The number of alkyl halides is 2. The number of halogens is 2. The third kappa shape index (κ3) is 4.91. The average Bonchev–Trinajstić information content (AvgIpc) is 2.82. The number of ether oxygens (including phenoxy) is 3. The number of carbonyl (C=O) groups excluding carboxylic acids is 3. The number of nitrogens with one attached hydrogen (secondary N) is 1. The number of carbonyl (C=O) groups is 3. The quantitative estimate of drug-likeness (QED) is 0.394. The Morgan fingerprint density at radius 3 is 2.52 bits per heavy atom. The van der Waals surface area contributed by atoms with Crippen molar-refractivity contribution in [1.29, 1.82) is 0 Å². The van der Waals surface area contributed by atoms with E-state index in [1.807, 2.05) is 0 Å². The van der Waals surface area contributed by atoms with Crippen LogP contribution in [0.3, 0.4) is 0 Å². The van der Waals surface area contributed by atoms with Crippen LogP contribution in [0.5, 0.6) is 5.75 Å². The zero-order chi connectivity index (χ0) is 20.0. The van der Waals surface area contributed by atoms with E-state index in [1.54, 1.807) is 6.92 Å². The normalized spacial score (nSPS) is 19.4. The highest BCUT2D eigenvalue weighted by atomic mass is 19.3. The molecule has 8 nitrogen and oxygen atoms in total. The summed E-state index contributed by atoms with van der Waals surface area (Å²) in [5.41, 5.74) is -0.931. The van der Waals surface area contributed by atoms with Crippen LogP contribution in [0.15, 0.2) is 24.3 Å². The Morgan fingerprint density at radius 2 is 1.93 bits per heavy atom. The molecule has 0 aliphatic carbocycles. The minimum absolute atomic E-state index is 0.0325. The van der Waals surface area contributed by atoms with Crippen LogP contribution in [-0.2, 0) is 24.6 Å². The van der Waals surface area contributed by atoms with Gasteiger partial charge in [0.25, 0.3) is 5.91 Å². The number of nitrogens with zero attached hydrogens (tertiary/aromatic N) is 1. The molecule has 148 valence electrons. The van der Waals surface area contributed by atoms with E-state index >= 15 is 0 Å². The number of hydrogen-bond donors (Lipinski definition) is 1. The van der Waals surface area contributed by atoms with Crippen molar-refractivity contribution in [3.63, 3.8) is 0 Å². The first-order chi connectivity index (χ1) is 12.8. The molecule has 1 aliphatic heterocycles. The lowest BCUT2D eigenvalue weighted by Gasteiger charge is -2.22. The standard InChI is InChI=1S/C17H20F2N2O6/c1-3-26-13(22)10-25-9-8-21-14(23)17(2,20-16(21)24)11-4-6-12(7-5-11)27-15(18)19/h4-7,15H,3,8-10H2,1-2H3,(H,20,24)/t17-/m1/s1. The first-order valence-electron chi connectivity index (χ1n) is 8.20. The molecule has 0 aromatic heterocycles. The molecule has 0 saturated carbocycles. The summed E-state index contributed by atoms with van der Waals surface area (Å²) in [4.78, 5) is 37.0. The Bertz CT molecular complexity index is 697. The smallest absolute Gasteiger partial charge is 0.387 e. The van der Waals surface area contributed by atoms with Gasteiger partial charge in [0.15, 0.2) is 0 Å². The van der Waals surface area contributed by atoms with E-state index in [4.69, 9.17) is 9.47 Å². The second-order valence-corrected chi connectivity index (χ2v) is 5.77. The molecule has 1 heterocycles. The fraction of sp³-hybridized carbons (Fsp3) is 0.471. The van der Waals surface area contributed by atoms with E-state index < -0.39 is 30.1 Å². The number of amides is 3. The van der Waals surface area contributed by atoms with Gasteiger partial charge in [-0.25, -0.2) is 9.59 Å². The van der Waals surface area contributed by atoms with Gasteiger partial charge < -0.3 is 19.5 Å². The lowest BCUT2D eigenvalue weighted by atomic mass is 9.92. The van der Waals surface area contributed by atoms with Gasteiger partial charge in [0, 0.05) is 0 Å². The molecular formula is C17H20F2N2O6. The lowest BCUT2D eigenvalue weighted by Crippen LogP contribution is -2.41. The van der Waals surface area contributed by atoms with Crippen LogP contribution in [0, 0.1) is 0 Å². The molecule has 0 unspecified atom stereocenters. The van der Waals surface area contributed by atoms with Crippen LogP contribution in [0.2, 0.25) is 0 Å². The maximum Gasteiger partial charge on any atom is 0.387 e. The van der Waals surface area contributed by atoms with Gasteiger partial charge in [0.05, 0.1) is 19.8 Å². The predicted molar refractivity (Wildman–Crippen MR) is 88.1 cm³/mol. The summed E-state index contributed by atoms with van der Waals surface area (Å²) in [7, 11) is 0. The molecule has 10 heteroatoms. The van der Waals surface area contributed by atoms with Crippen LogP contribution in [0.4, 0.5) is 13.6 Å². The number of hydrogen-bond acceptors (Lipinski definition) is 6. The van der Waals surface area contributed by atoms with Gasteiger partial charge >= 0.3 is 18.6 Å². The second-order valence-electron chi connectivity index (χ2n) is 5.77. The predicted octanol–water partition coefficient (Wildman–Crippen LogP) is 1.63. The topological polar surface area (TPSA) is 94.2 Å². The highest BCUT2D eigenvalue weighted by Crippen LogP contribution is 2.30. The Labute approximate surface area is 154 Å². The van der Waals surface area contributed by atoms with E-state index in [9.17, 15) is 23.2 Å². The van der Waals surface area contributed by atoms with Crippen molar-refractivity contribution < 1.29 is 37.4 Å². The molecule has 0 bridgehead atoms. The van der Waals surface area contributed by atoms with Crippen LogP contribution >= 0.6 is 0 Å². The summed E-state index contributed by atoms with van der Waals surface area (Å²) < 4.78 is 38.5. The van der Waals surface area contributed by atoms with Gasteiger partial charge in [0.2, 0.25) is 0 Å². The number of urea groups is 1. The highest BCUT2D eigenvalue weighted by molar-refractivity contribution is 6.07. The van der Waals surface area contributed by atoms with Crippen LogP contribution in [-0.4, -0.2) is 55.8 Å². The summed E-state index contributed by atoms with van der Waals surface area (Å²) in [6.45, 7) is 0.0917. The van der Waals surface area contributed by atoms with Gasteiger partial charge in [-0.05, 0) is 31.5 Å². The molecule has 1 aromatic carbocycles. The number of imide groups is 1. The molecule has 1 fully saturated rings. The van der Waals surface area contributed by atoms with Crippen LogP contribution < -0.4 is 10.1 Å². The molecular weight excluding hydrogens is 366 g/mol. The van der Waals surface area contributed by atoms with E-state index in [0.717, 1.165) is 4.90 Å². The van der Waals surface area contributed by atoms with Gasteiger partial charge in [-0.1, -0.05) is 12.1 Å². The third-order valence-electron chi connectivity index (χ3n) is 3.92. The number of rotatable bonds is 9. The second kappa shape index (κ2) is 8.76. The molecule has 1 N–H and O–H groups in total. The molecule has 3 amide bonds. The molecule has 1 atom stereocenters. The fourth-order valence-electron chi connectivity index (χ4n) is 2.58. The average molecular weight is 386 g/mol. The highest BCUT2D eigenvalue weighted by Gasteiger charge is 2.48. The largest absolute Gasteiger partial charge is 0.464 e. The van der Waals surface area contributed by atoms with Gasteiger partial charge in [-0.2, -0.15) is 8.78 Å². The summed E-state index contributed by atoms with van der Waals surface area (Å²) in [5.74, 6) is -1.11. The number of benzene rings is 1. The third-order valence-corrected chi connectivity index (χ3v) is 3.92. The van der Waals surface area contributed by atoms with Crippen LogP contribution in [0.25, 0.3) is 0 Å². The molecule has 2 rings (SSSR count). The molecule has 1 aromatic rings. The lowest BCUT2D eigenvalue weighted by molar-refractivity contribution is -0.148. The minimum Gasteiger partial charge on any atom is -0.464 e. The van der Waals surface area contributed by atoms with E-state index in [2.05, 4.69) is 10.1 Å². The van der Waals surface area contributed by atoms with Crippen molar-refractivity contribution in [2.75, 3.05) is 26.4 Å². The number of esters is 1. The van der Waals surface area contributed by atoms with E-state index in [1.165, 1.54) is 31.2 Å². The minimum atomic E-state index is -2.95.